The van der Waals surface area contributed by atoms with Gasteiger partial charge in [0, 0.05) is 4.88 Å². The minimum atomic E-state index is -0.441. The fourth-order valence-corrected chi connectivity index (χ4v) is 3.45. The molecule has 0 saturated heterocycles. The van der Waals surface area contributed by atoms with E-state index in [1.54, 1.807) is 11.3 Å². The highest BCUT2D eigenvalue weighted by molar-refractivity contribution is 7.10. The van der Waals surface area contributed by atoms with E-state index in [0.29, 0.717) is 12.0 Å². The number of H-pyrrole nitrogens is 1. The molecule has 1 N–H and O–H groups in total. The normalized spacial score (nSPS) is 12.6. The number of hydrogen-bond acceptors (Lipinski definition) is 3. The number of aromatic amines is 1. The van der Waals surface area contributed by atoms with Crippen LogP contribution in [0.4, 0.5) is 0 Å². The number of nitrogens with zero attached hydrogens (tertiary/aromatic N) is 1. The van der Waals surface area contributed by atoms with E-state index in [-0.39, 0.29) is 16.8 Å². The van der Waals surface area contributed by atoms with Gasteiger partial charge in [0.1, 0.15) is 5.15 Å². The standard InChI is InChI=1S/C14H17ClN2O2S/c1-3-6-10(11-7-5-8-20-11)17-13(18)9(4-2)12(15)16-14(17)19/h5,7-8,10H,3-4,6H2,1-2H3,(H,16,19). The van der Waals surface area contributed by atoms with Crippen LogP contribution in [0.15, 0.2) is 27.1 Å². The summed E-state index contributed by atoms with van der Waals surface area (Å²) in [4.78, 5) is 28.3. The molecule has 0 spiro atoms. The molecule has 2 heterocycles. The summed E-state index contributed by atoms with van der Waals surface area (Å²) in [7, 11) is 0. The lowest BCUT2D eigenvalue weighted by Gasteiger charge is -2.18. The zero-order valence-corrected chi connectivity index (χ0v) is 13.1. The van der Waals surface area contributed by atoms with Gasteiger partial charge in [-0.25, -0.2) is 4.79 Å². The Labute approximate surface area is 126 Å². The van der Waals surface area contributed by atoms with Gasteiger partial charge in [-0.05, 0) is 24.3 Å². The molecule has 0 radical (unpaired) electrons. The Morgan fingerprint density at radius 3 is 2.70 bits per heavy atom. The summed E-state index contributed by atoms with van der Waals surface area (Å²) in [6, 6.07) is 3.66. The summed E-state index contributed by atoms with van der Waals surface area (Å²) in [6.45, 7) is 3.89. The van der Waals surface area contributed by atoms with Crippen molar-refractivity contribution in [1.29, 1.82) is 0 Å². The molecular weight excluding hydrogens is 296 g/mol. The third kappa shape index (κ3) is 2.74. The molecule has 1 unspecified atom stereocenters. The topological polar surface area (TPSA) is 54.9 Å². The third-order valence-electron chi connectivity index (χ3n) is 3.28. The van der Waals surface area contributed by atoms with Crippen LogP contribution >= 0.6 is 22.9 Å². The molecule has 20 heavy (non-hydrogen) atoms. The van der Waals surface area contributed by atoms with Crippen molar-refractivity contribution in [2.24, 2.45) is 0 Å². The van der Waals surface area contributed by atoms with Crippen molar-refractivity contribution in [2.45, 2.75) is 39.2 Å². The second-order valence-corrected chi connectivity index (χ2v) is 5.93. The molecule has 1 atom stereocenters. The van der Waals surface area contributed by atoms with Crippen molar-refractivity contribution in [3.63, 3.8) is 0 Å². The van der Waals surface area contributed by atoms with E-state index in [2.05, 4.69) is 4.98 Å². The van der Waals surface area contributed by atoms with Crippen molar-refractivity contribution in [1.82, 2.24) is 9.55 Å². The third-order valence-corrected chi connectivity index (χ3v) is 4.57. The Kier molecular flexibility index (Phi) is 4.83. The number of thiophene rings is 1. The van der Waals surface area contributed by atoms with Crippen LogP contribution in [0.2, 0.25) is 5.15 Å². The monoisotopic (exact) mass is 312 g/mol. The van der Waals surface area contributed by atoms with E-state index in [0.717, 1.165) is 17.7 Å². The number of aromatic nitrogens is 2. The average Bonchev–Trinajstić information content (AvgIpc) is 2.91. The minimum Gasteiger partial charge on any atom is -0.297 e. The second kappa shape index (κ2) is 6.41. The van der Waals surface area contributed by atoms with E-state index in [9.17, 15) is 9.59 Å². The van der Waals surface area contributed by atoms with E-state index in [1.807, 2.05) is 31.4 Å². The molecule has 0 aliphatic rings. The van der Waals surface area contributed by atoms with Crippen LogP contribution in [0.25, 0.3) is 0 Å². The summed E-state index contributed by atoms with van der Waals surface area (Å²) in [5.41, 5.74) is -0.263. The molecule has 0 aliphatic carbocycles. The number of nitrogens with one attached hydrogen (secondary N) is 1. The number of hydrogen-bond donors (Lipinski definition) is 1. The molecule has 0 saturated carbocycles. The van der Waals surface area contributed by atoms with Crippen LogP contribution in [0, 0.1) is 0 Å². The van der Waals surface area contributed by atoms with Crippen LogP contribution < -0.4 is 11.2 Å². The van der Waals surface area contributed by atoms with E-state index >= 15 is 0 Å². The quantitative estimate of drug-likeness (QED) is 0.862. The number of rotatable bonds is 5. The zero-order valence-electron chi connectivity index (χ0n) is 11.5. The van der Waals surface area contributed by atoms with E-state index in [1.165, 1.54) is 4.57 Å². The molecule has 0 fully saturated rings. The van der Waals surface area contributed by atoms with Gasteiger partial charge in [0.15, 0.2) is 0 Å². The van der Waals surface area contributed by atoms with Gasteiger partial charge >= 0.3 is 5.69 Å². The second-order valence-electron chi connectivity index (χ2n) is 4.57. The van der Waals surface area contributed by atoms with Gasteiger partial charge in [0.05, 0.1) is 11.6 Å². The highest BCUT2D eigenvalue weighted by Gasteiger charge is 2.21. The summed E-state index contributed by atoms with van der Waals surface area (Å²) in [5.74, 6) is 0. The Bertz CT molecular complexity index is 688. The highest BCUT2D eigenvalue weighted by atomic mass is 35.5. The van der Waals surface area contributed by atoms with Gasteiger partial charge in [-0.15, -0.1) is 11.3 Å². The Morgan fingerprint density at radius 2 is 2.15 bits per heavy atom. The molecule has 0 aromatic carbocycles. The first-order valence-electron chi connectivity index (χ1n) is 6.66. The van der Waals surface area contributed by atoms with Crippen molar-refractivity contribution < 1.29 is 0 Å². The Morgan fingerprint density at radius 1 is 1.40 bits per heavy atom. The van der Waals surface area contributed by atoms with Crippen molar-refractivity contribution in [2.75, 3.05) is 0 Å². The smallest absolute Gasteiger partial charge is 0.297 e. The first-order chi connectivity index (χ1) is 9.60. The van der Waals surface area contributed by atoms with Crippen LogP contribution in [0.5, 0.6) is 0 Å². The van der Waals surface area contributed by atoms with Crippen molar-refractivity contribution in [3.05, 3.63) is 53.9 Å². The van der Waals surface area contributed by atoms with E-state index < -0.39 is 5.69 Å². The molecule has 108 valence electrons. The van der Waals surface area contributed by atoms with Crippen LogP contribution in [-0.2, 0) is 6.42 Å². The van der Waals surface area contributed by atoms with Crippen LogP contribution in [0.1, 0.15) is 43.2 Å². The highest BCUT2D eigenvalue weighted by Crippen LogP contribution is 2.25. The average molecular weight is 313 g/mol. The zero-order chi connectivity index (χ0) is 14.7. The number of halogens is 1. The first kappa shape index (κ1) is 15.1. The van der Waals surface area contributed by atoms with Gasteiger partial charge in [-0.1, -0.05) is 37.9 Å². The van der Waals surface area contributed by atoms with Gasteiger partial charge in [0.2, 0.25) is 0 Å². The maximum atomic E-state index is 12.5. The fourth-order valence-electron chi connectivity index (χ4n) is 2.30. The fraction of sp³-hybridized carbons (Fsp3) is 0.429. The summed E-state index contributed by atoms with van der Waals surface area (Å²) in [5, 5.41) is 2.11. The lowest BCUT2D eigenvalue weighted by Crippen LogP contribution is -2.40. The predicted molar refractivity (Wildman–Crippen MR) is 83.1 cm³/mol. The van der Waals surface area contributed by atoms with Gasteiger partial charge in [0.25, 0.3) is 5.56 Å². The summed E-state index contributed by atoms with van der Waals surface area (Å²) in [6.07, 6.45) is 2.13. The van der Waals surface area contributed by atoms with Crippen molar-refractivity contribution in [3.8, 4) is 0 Å². The van der Waals surface area contributed by atoms with Crippen molar-refractivity contribution >= 4 is 22.9 Å². The molecule has 6 heteroatoms. The molecule has 0 amide bonds. The maximum absolute atomic E-state index is 12.5. The first-order valence-corrected chi connectivity index (χ1v) is 7.92. The molecule has 0 bridgehead atoms. The molecular formula is C14H17ClN2O2S. The lowest BCUT2D eigenvalue weighted by molar-refractivity contribution is 0.499. The predicted octanol–water partition coefficient (Wildman–Crippen LogP) is 3.20. The molecule has 4 nitrogen and oxygen atoms in total. The summed E-state index contributed by atoms with van der Waals surface area (Å²) < 4.78 is 1.31. The maximum Gasteiger partial charge on any atom is 0.330 e. The van der Waals surface area contributed by atoms with Crippen LogP contribution in [0.3, 0.4) is 0 Å². The molecule has 2 rings (SSSR count). The molecule has 2 aromatic heterocycles. The lowest BCUT2D eigenvalue weighted by atomic mass is 10.1. The van der Waals surface area contributed by atoms with Gasteiger partial charge < -0.3 is 0 Å². The minimum absolute atomic E-state index is 0.153. The molecule has 0 aliphatic heterocycles. The largest absolute Gasteiger partial charge is 0.330 e. The Hall–Kier alpha value is -1.33. The van der Waals surface area contributed by atoms with Gasteiger partial charge in [-0.2, -0.15) is 0 Å². The van der Waals surface area contributed by atoms with E-state index in [4.69, 9.17) is 11.6 Å². The Balaban J connectivity index is 2.66. The van der Waals surface area contributed by atoms with Crippen LogP contribution in [-0.4, -0.2) is 9.55 Å². The SMILES string of the molecule is CCCC(c1cccs1)n1c(=O)[nH]c(Cl)c(CC)c1=O. The van der Waals surface area contributed by atoms with Gasteiger partial charge in [-0.3, -0.25) is 14.3 Å². The molecule has 2 aromatic rings. The summed E-state index contributed by atoms with van der Waals surface area (Å²) >= 11 is 7.50.